The fourth-order valence-corrected chi connectivity index (χ4v) is 3.20. The molecule has 25 heavy (non-hydrogen) atoms. The standard InChI is InChI=1S/C19H18BrN5/c1-24(2)16-9-5-14(6-10-16)18-11-17(13-3-7-15(20)8-4-13)23-19-21-12-22-25(18)19/h3-12,18H,1-2H3,(H,21,22,23)/t18-/m1/s1. The van der Waals surface area contributed by atoms with E-state index in [1.54, 1.807) is 6.33 Å². The molecular formula is C19H18BrN5. The summed E-state index contributed by atoms with van der Waals surface area (Å²) in [5, 5.41) is 7.76. The van der Waals surface area contributed by atoms with Crippen molar-refractivity contribution in [1.29, 1.82) is 0 Å². The molecule has 0 fully saturated rings. The molecule has 1 aliphatic heterocycles. The van der Waals surface area contributed by atoms with Crippen molar-refractivity contribution < 1.29 is 0 Å². The summed E-state index contributed by atoms with van der Waals surface area (Å²) in [6, 6.07) is 16.8. The van der Waals surface area contributed by atoms with Crippen LogP contribution in [0.2, 0.25) is 0 Å². The van der Waals surface area contributed by atoms with Gasteiger partial charge in [-0.15, -0.1) is 0 Å². The maximum absolute atomic E-state index is 4.39. The predicted molar refractivity (Wildman–Crippen MR) is 105 cm³/mol. The van der Waals surface area contributed by atoms with Crippen molar-refractivity contribution in [2.24, 2.45) is 0 Å². The molecule has 1 aromatic heterocycles. The van der Waals surface area contributed by atoms with Gasteiger partial charge in [0.2, 0.25) is 5.95 Å². The van der Waals surface area contributed by atoms with E-state index in [1.807, 2.05) is 30.9 Å². The van der Waals surface area contributed by atoms with Gasteiger partial charge in [0.25, 0.3) is 0 Å². The molecule has 0 bridgehead atoms. The predicted octanol–water partition coefficient (Wildman–Crippen LogP) is 4.16. The molecule has 126 valence electrons. The number of hydrogen-bond donors (Lipinski definition) is 1. The second kappa shape index (κ2) is 6.37. The number of fused-ring (bicyclic) bond motifs is 1. The van der Waals surface area contributed by atoms with E-state index in [1.165, 1.54) is 11.3 Å². The number of halogens is 1. The molecule has 0 unspecified atom stereocenters. The lowest BCUT2D eigenvalue weighted by Gasteiger charge is -2.25. The number of rotatable bonds is 3. The summed E-state index contributed by atoms with van der Waals surface area (Å²) >= 11 is 3.49. The van der Waals surface area contributed by atoms with E-state index in [2.05, 4.69) is 78.7 Å². The highest BCUT2D eigenvalue weighted by Crippen LogP contribution is 2.32. The van der Waals surface area contributed by atoms with Gasteiger partial charge < -0.3 is 10.2 Å². The third kappa shape index (κ3) is 3.05. The molecule has 3 aromatic rings. The summed E-state index contributed by atoms with van der Waals surface area (Å²) < 4.78 is 2.97. The van der Waals surface area contributed by atoms with E-state index in [0.29, 0.717) is 0 Å². The first-order chi connectivity index (χ1) is 12.1. The Bertz CT molecular complexity index is 910. The molecule has 1 atom stereocenters. The molecule has 0 aliphatic carbocycles. The van der Waals surface area contributed by atoms with E-state index >= 15 is 0 Å². The maximum atomic E-state index is 4.39. The van der Waals surface area contributed by atoms with Crippen molar-refractivity contribution in [3.8, 4) is 0 Å². The van der Waals surface area contributed by atoms with Crippen molar-refractivity contribution >= 4 is 33.3 Å². The second-order valence-electron chi connectivity index (χ2n) is 6.17. The zero-order chi connectivity index (χ0) is 17.4. The van der Waals surface area contributed by atoms with Gasteiger partial charge in [0, 0.05) is 30.0 Å². The first-order valence-corrected chi connectivity index (χ1v) is 8.83. The fourth-order valence-electron chi connectivity index (χ4n) is 2.94. The zero-order valence-corrected chi connectivity index (χ0v) is 15.6. The van der Waals surface area contributed by atoms with Gasteiger partial charge in [0.15, 0.2) is 0 Å². The number of nitrogens with one attached hydrogen (secondary N) is 1. The Morgan fingerprint density at radius 1 is 1.04 bits per heavy atom. The SMILES string of the molecule is CN(C)c1ccc([C@H]2C=C(c3ccc(Br)cc3)Nc3ncnn32)cc1. The molecule has 0 amide bonds. The molecular weight excluding hydrogens is 378 g/mol. The Kier molecular flexibility index (Phi) is 4.05. The van der Waals surface area contributed by atoms with Crippen LogP contribution in [-0.2, 0) is 0 Å². The monoisotopic (exact) mass is 395 g/mol. The molecule has 5 nitrogen and oxygen atoms in total. The second-order valence-corrected chi connectivity index (χ2v) is 7.09. The van der Waals surface area contributed by atoms with Crippen LogP contribution >= 0.6 is 15.9 Å². The minimum Gasteiger partial charge on any atom is -0.378 e. The summed E-state index contributed by atoms with van der Waals surface area (Å²) in [4.78, 5) is 6.45. The number of aromatic nitrogens is 3. The molecule has 6 heteroatoms. The normalized spacial score (nSPS) is 16.0. The molecule has 0 saturated heterocycles. The fraction of sp³-hybridized carbons (Fsp3) is 0.158. The van der Waals surface area contributed by atoms with Gasteiger partial charge in [0.05, 0.1) is 0 Å². The largest absolute Gasteiger partial charge is 0.378 e. The smallest absolute Gasteiger partial charge is 0.226 e. The zero-order valence-electron chi connectivity index (χ0n) is 14.0. The van der Waals surface area contributed by atoms with Crippen LogP contribution in [0.3, 0.4) is 0 Å². The van der Waals surface area contributed by atoms with Gasteiger partial charge in [-0.3, -0.25) is 0 Å². The lowest BCUT2D eigenvalue weighted by atomic mass is 10.0. The number of benzene rings is 2. The molecule has 4 rings (SSSR count). The van der Waals surface area contributed by atoms with Crippen LogP contribution < -0.4 is 10.2 Å². The highest BCUT2D eigenvalue weighted by molar-refractivity contribution is 9.10. The molecule has 0 saturated carbocycles. The Morgan fingerprint density at radius 2 is 1.76 bits per heavy atom. The van der Waals surface area contributed by atoms with Crippen molar-refractivity contribution in [2.45, 2.75) is 6.04 Å². The molecule has 0 radical (unpaired) electrons. The Labute approximate surface area is 155 Å². The van der Waals surface area contributed by atoms with E-state index in [9.17, 15) is 0 Å². The summed E-state index contributed by atoms with van der Waals surface area (Å²) in [5.74, 6) is 0.752. The Hall–Kier alpha value is -2.60. The van der Waals surface area contributed by atoms with Crippen LogP contribution in [0.5, 0.6) is 0 Å². The van der Waals surface area contributed by atoms with Crippen LogP contribution in [0.4, 0.5) is 11.6 Å². The molecule has 1 aliphatic rings. The van der Waals surface area contributed by atoms with Crippen molar-refractivity contribution in [2.75, 3.05) is 24.3 Å². The van der Waals surface area contributed by atoms with Gasteiger partial charge in [-0.1, -0.05) is 40.2 Å². The third-order valence-corrected chi connectivity index (χ3v) is 4.84. The number of hydrogen-bond acceptors (Lipinski definition) is 4. The summed E-state index contributed by atoms with van der Waals surface area (Å²) in [5.41, 5.74) is 4.50. The maximum Gasteiger partial charge on any atom is 0.226 e. The van der Waals surface area contributed by atoms with Crippen LogP contribution in [0.1, 0.15) is 17.2 Å². The molecule has 2 aromatic carbocycles. The van der Waals surface area contributed by atoms with Crippen molar-refractivity contribution in [3.63, 3.8) is 0 Å². The van der Waals surface area contributed by atoms with Gasteiger partial charge in [-0.2, -0.15) is 10.1 Å². The number of allylic oxidation sites excluding steroid dienone is 1. The van der Waals surface area contributed by atoms with E-state index in [0.717, 1.165) is 21.7 Å². The highest BCUT2D eigenvalue weighted by Gasteiger charge is 2.23. The van der Waals surface area contributed by atoms with E-state index < -0.39 is 0 Å². The van der Waals surface area contributed by atoms with Crippen LogP contribution in [-0.4, -0.2) is 28.9 Å². The van der Waals surface area contributed by atoms with Gasteiger partial charge in [0.1, 0.15) is 12.4 Å². The average Bonchev–Trinajstić information content (AvgIpc) is 3.10. The van der Waals surface area contributed by atoms with E-state index in [-0.39, 0.29) is 6.04 Å². The minimum atomic E-state index is 0.00797. The van der Waals surface area contributed by atoms with Gasteiger partial charge >= 0.3 is 0 Å². The van der Waals surface area contributed by atoms with Crippen molar-refractivity contribution in [1.82, 2.24) is 14.8 Å². The average molecular weight is 396 g/mol. The molecule has 1 N–H and O–H groups in total. The summed E-state index contributed by atoms with van der Waals surface area (Å²) in [6.07, 6.45) is 3.78. The Balaban J connectivity index is 1.75. The first-order valence-electron chi connectivity index (χ1n) is 8.03. The lowest BCUT2D eigenvalue weighted by molar-refractivity contribution is 0.612. The summed E-state index contributed by atoms with van der Waals surface area (Å²) in [6.45, 7) is 0. The van der Waals surface area contributed by atoms with Crippen LogP contribution in [0.25, 0.3) is 5.70 Å². The van der Waals surface area contributed by atoms with Crippen LogP contribution in [0.15, 0.2) is 65.4 Å². The third-order valence-electron chi connectivity index (χ3n) is 4.31. The quantitative estimate of drug-likeness (QED) is 0.722. The van der Waals surface area contributed by atoms with Gasteiger partial charge in [-0.25, -0.2) is 4.68 Å². The lowest BCUT2D eigenvalue weighted by Crippen LogP contribution is -2.20. The highest BCUT2D eigenvalue weighted by atomic mass is 79.9. The van der Waals surface area contributed by atoms with E-state index in [4.69, 9.17) is 0 Å². The molecule has 2 heterocycles. The minimum absolute atomic E-state index is 0.00797. The Morgan fingerprint density at radius 3 is 2.44 bits per heavy atom. The van der Waals surface area contributed by atoms with Crippen LogP contribution in [0, 0.1) is 0 Å². The van der Waals surface area contributed by atoms with Gasteiger partial charge in [-0.05, 0) is 41.5 Å². The number of anilines is 2. The first kappa shape index (κ1) is 15.9. The van der Waals surface area contributed by atoms with Crippen molar-refractivity contribution in [3.05, 3.63) is 76.5 Å². The molecule has 0 spiro atoms. The number of nitrogens with zero attached hydrogens (tertiary/aromatic N) is 4. The topological polar surface area (TPSA) is 46.0 Å². The summed E-state index contributed by atoms with van der Waals surface area (Å²) in [7, 11) is 4.08.